The van der Waals surface area contributed by atoms with Crippen molar-refractivity contribution in [3.63, 3.8) is 0 Å². The van der Waals surface area contributed by atoms with Crippen LogP contribution >= 0.6 is 27.3 Å². The van der Waals surface area contributed by atoms with E-state index in [2.05, 4.69) is 15.9 Å². The Labute approximate surface area is 101 Å². The predicted octanol–water partition coefficient (Wildman–Crippen LogP) is 2.53. The number of carbonyl (C=O) groups excluding carboxylic acids is 1. The van der Waals surface area contributed by atoms with Gasteiger partial charge in [0.15, 0.2) is 0 Å². The van der Waals surface area contributed by atoms with Crippen LogP contribution in [0, 0.1) is 5.92 Å². The molecule has 0 aromatic carbocycles. The van der Waals surface area contributed by atoms with E-state index >= 15 is 0 Å². The molecule has 1 aromatic rings. The van der Waals surface area contributed by atoms with Crippen molar-refractivity contribution in [2.45, 2.75) is 18.9 Å². The predicted molar refractivity (Wildman–Crippen MR) is 66.0 cm³/mol. The first-order valence-electron chi connectivity index (χ1n) is 4.85. The summed E-state index contributed by atoms with van der Waals surface area (Å²) in [5.41, 5.74) is 5.72. The SMILES string of the molecule is NC1C=CC(C(=O)Cc2sccc2Br)C1. The van der Waals surface area contributed by atoms with Crippen LogP contribution in [0.25, 0.3) is 0 Å². The minimum absolute atomic E-state index is 0.0222. The summed E-state index contributed by atoms with van der Waals surface area (Å²) in [6.07, 6.45) is 5.14. The third-order valence-corrected chi connectivity index (χ3v) is 4.48. The molecule has 15 heavy (non-hydrogen) atoms. The van der Waals surface area contributed by atoms with Crippen molar-refractivity contribution in [1.29, 1.82) is 0 Å². The Hall–Kier alpha value is -0.450. The lowest BCUT2D eigenvalue weighted by Crippen LogP contribution is -2.20. The molecule has 80 valence electrons. The van der Waals surface area contributed by atoms with E-state index in [1.54, 1.807) is 11.3 Å². The Morgan fingerprint density at radius 1 is 1.60 bits per heavy atom. The van der Waals surface area contributed by atoms with Gasteiger partial charge in [-0.15, -0.1) is 11.3 Å². The van der Waals surface area contributed by atoms with E-state index in [9.17, 15) is 4.79 Å². The maximum absolute atomic E-state index is 11.9. The van der Waals surface area contributed by atoms with Gasteiger partial charge in [0.2, 0.25) is 0 Å². The smallest absolute Gasteiger partial charge is 0.145 e. The highest BCUT2D eigenvalue weighted by molar-refractivity contribution is 9.10. The molecule has 0 saturated heterocycles. The van der Waals surface area contributed by atoms with Gasteiger partial charge in [0, 0.05) is 27.7 Å². The number of halogens is 1. The topological polar surface area (TPSA) is 43.1 Å². The average molecular weight is 286 g/mol. The van der Waals surface area contributed by atoms with Gasteiger partial charge in [-0.25, -0.2) is 0 Å². The molecule has 2 unspecified atom stereocenters. The molecule has 0 saturated carbocycles. The van der Waals surface area contributed by atoms with E-state index in [4.69, 9.17) is 5.73 Å². The number of ketones is 1. The molecule has 4 heteroatoms. The summed E-state index contributed by atoms with van der Waals surface area (Å²) in [4.78, 5) is 13.0. The van der Waals surface area contributed by atoms with Gasteiger partial charge in [-0.3, -0.25) is 4.79 Å². The van der Waals surface area contributed by atoms with Crippen LogP contribution in [-0.4, -0.2) is 11.8 Å². The van der Waals surface area contributed by atoms with Crippen LogP contribution < -0.4 is 5.73 Å². The lowest BCUT2D eigenvalue weighted by atomic mass is 10.00. The minimum atomic E-state index is 0.0222. The van der Waals surface area contributed by atoms with Gasteiger partial charge in [0.05, 0.1) is 0 Å². The first-order chi connectivity index (χ1) is 7.16. The Morgan fingerprint density at radius 3 is 2.93 bits per heavy atom. The van der Waals surface area contributed by atoms with Gasteiger partial charge in [-0.2, -0.15) is 0 Å². The van der Waals surface area contributed by atoms with Gasteiger partial charge in [-0.05, 0) is 33.8 Å². The molecule has 0 radical (unpaired) electrons. The number of allylic oxidation sites excluding steroid dienone is 1. The van der Waals surface area contributed by atoms with Crippen LogP contribution in [-0.2, 0) is 11.2 Å². The molecule has 1 aromatic heterocycles. The van der Waals surface area contributed by atoms with E-state index in [-0.39, 0.29) is 17.7 Å². The summed E-state index contributed by atoms with van der Waals surface area (Å²) in [7, 11) is 0. The zero-order chi connectivity index (χ0) is 10.8. The van der Waals surface area contributed by atoms with Crippen molar-refractivity contribution >= 4 is 33.0 Å². The second-order valence-corrected chi connectivity index (χ2v) is 5.58. The zero-order valence-corrected chi connectivity index (χ0v) is 10.6. The summed E-state index contributed by atoms with van der Waals surface area (Å²) >= 11 is 5.05. The number of thiophene rings is 1. The molecule has 2 nitrogen and oxygen atoms in total. The lowest BCUT2D eigenvalue weighted by Gasteiger charge is -2.07. The highest BCUT2D eigenvalue weighted by Gasteiger charge is 2.23. The van der Waals surface area contributed by atoms with Crippen LogP contribution in [0.3, 0.4) is 0 Å². The first-order valence-corrected chi connectivity index (χ1v) is 6.52. The molecule has 1 heterocycles. The third kappa shape index (κ3) is 2.56. The van der Waals surface area contributed by atoms with Crippen LogP contribution in [0.4, 0.5) is 0 Å². The first kappa shape index (κ1) is 11.0. The maximum atomic E-state index is 11.9. The van der Waals surface area contributed by atoms with E-state index in [1.807, 2.05) is 23.6 Å². The molecule has 0 aliphatic heterocycles. The van der Waals surface area contributed by atoms with E-state index in [0.29, 0.717) is 6.42 Å². The fourth-order valence-electron chi connectivity index (χ4n) is 1.71. The van der Waals surface area contributed by atoms with Gasteiger partial charge in [0.25, 0.3) is 0 Å². The van der Waals surface area contributed by atoms with Crippen molar-refractivity contribution < 1.29 is 4.79 Å². The van der Waals surface area contributed by atoms with E-state index in [0.717, 1.165) is 15.8 Å². The number of hydrogen-bond donors (Lipinski definition) is 1. The minimum Gasteiger partial charge on any atom is -0.324 e. The van der Waals surface area contributed by atoms with Gasteiger partial charge in [0.1, 0.15) is 5.78 Å². The quantitative estimate of drug-likeness (QED) is 0.868. The second kappa shape index (κ2) is 4.60. The molecule has 0 bridgehead atoms. The molecular formula is C11H12BrNOS. The summed E-state index contributed by atoms with van der Waals surface area (Å²) in [6, 6.07) is 2.04. The monoisotopic (exact) mass is 285 g/mol. The Morgan fingerprint density at radius 2 is 2.40 bits per heavy atom. The van der Waals surface area contributed by atoms with Crippen LogP contribution in [0.1, 0.15) is 11.3 Å². The molecule has 2 atom stereocenters. The summed E-state index contributed by atoms with van der Waals surface area (Å²) in [5.74, 6) is 0.288. The van der Waals surface area contributed by atoms with Crippen LogP contribution in [0.5, 0.6) is 0 Å². The number of rotatable bonds is 3. The van der Waals surface area contributed by atoms with Crippen molar-refractivity contribution in [2.24, 2.45) is 11.7 Å². The van der Waals surface area contributed by atoms with Gasteiger partial charge < -0.3 is 5.73 Å². The summed E-state index contributed by atoms with van der Waals surface area (Å²) in [6.45, 7) is 0. The Balaban J connectivity index is 1.99. The molecule has 2 rings (SSSR count). The molecule has 0 fully saturated rings. The van der Waals surface area contributed by atoms with Crippen molar-refractivity contribution in [1.82, 2.24) is 0 Å². The Bertz CT molecular complexity index is 399. The standard InChI is InChI=1S/C11H12BrNOS/c12-9-3-4-15-11(9)6-10(14)7-1-2-8(13)5-7/h1-4,7-8H,5-6,13H2. The fraction of sp³-hybridized carbons (Fsp3) is 0.364. The second-order valence-electron chi connectivity index (χ2n) is 3.73. The molecule has 2 N–H and O–H groups in total. The number of hydrogen-bond acceptors (Lipinski definition) is 3. The van der Waals surface area contributed by atoms with Crippen LogP contribution in [0.2, 0.25) is 0 Å². The van der Waals surface area contributed by atoms with Crippen molar-refractivity contribution in [3.05, 3.63) is 32.9 Å². The van der Waals surface area contributed by atoms with Gasteiger partial charge >= 0.3 is 0 Å². The molecule has 0 spiro atoms. The average Bonchev–Trinajstić information content (AvgIpc) is 2.77. The normalized spacial score (nSPS) is 24.7. The third-order valence-electron chi connectivity index (χ3n) is 2.56. The highest BCUT2D eigenvalue weighted by atomic mass is 79.9. The Kier molecular flexibility index (Phi) is 3.38. The van der Waals surface area contributed by atoms with Crippen molar-refractivity contribution in [3.8, 4) is 0 Å². The maximum Gasteiger partial charge on any atom is 0.145 e. The number of nitrogens with two attached hydrogens (primary N) is 1. The summed E-state index contributed by atoms with van der Waals surface area (Å²) < 4.78 is 1.03. The lowest BCUT2D eigenvalue weighted by molar-refractivity contribution is -0.120. The molecule has 1 aliphatic rings. The largest absolute Gasteiger partial charge is 0.324 e. The fourth-order valence-corrected chi connectivity index (χ4v) is 3.21. The van der Waals surface area contributed by atoms with Crippen LogP contribution in [0.15, 0.2) is 28.1 Å². The number of Topliss-reactive ketones (excluding diaryl/α,β-unsaturated/α-hetero) is 1. The summed E-state index contributed by atoms with van der Waals surface area (Å²) in [5, 5.41) is 1.99. The van der Waals surface area contributed by atoms with E-state index < -0.39 is 0 Å². The molecule has 0 amide bonds. The zero-order valence-electron chi connectivity index (χ0n) is 8.15. The number of carbonyl (C=O) groups is 1. The molecular weight excluding hydrogens is 274 g/mol. The van der Waals surface area contributed by atoms with Crippen molar-refractivity contribution in [2.75, 3.05) is 0 Å². The van der Waals surface area contributed by atoms with E-state index in [1.165, 1.54) is 0 Å². The highest BCUT2D eigenvalue weighted by Crippen LogP contribution is 2.26. The van der Waals surface area contributed by atoms with Gasteiger partial charge in [-0.1, -0.05) is 12.2 Å². The molecule has 1 aliphatic carbocycles.